The monoisotopic (exact) mass is 488 g/mol. The van der Waals surface area contributed by atoms with Crippen LogP contribution >= 0.6 is 0 Å². The van der Waals surface area contributed by atoms with Crippen LogP contribution in [0.1, 0.15) is 64.2 Å². The quantitative estimate of drug-likeness (QED) is 0.452. The highest BCUT2D eigenvalue weighted by Gasteiger charge is 2.26. The van der Waals surface area contributed by atoms with Crippen molar-refractivity contribution in [1.29, 1.82) is 0 Å². The Morgan fingerprint density at radius 3 is 2.43 bits per heavy atom. The van der Waals surface area contributed by atoms with Crippen molar-refractivity contribution < 1.29 is 0 Å². The molecule has 2 aliphatic heterocycles. The highest BCUT2D eigenvalue weighted by atomic mass is 15.1. The van der Waals surface area contributed by atoms with Crippen LogP contribution in [0.15, 0.2) is 102 Å². The van der Waals surface area contributed by atoms with Gasteiger partial charge in [-0.1, -0.05) is 101 Å². The Hall–Kier alpha value is -3.52. The summed E-state index contributed by atoms with van der Waals surface area (Å²) in [5.74, 6) is 0.556. The number of allylic oxidation sites excluding steroid dienone is 8. The van der Waals surface area contributed by atoms with Gasteiger partial charge in [0.2, 0.25) is 0 Å². The maximum atomic E-state index is 3.70. The molecular weight excluding hydrogens is 448 g/mol. The van der Waals surface area contributed by atoms with Crippen LogP contribution in [-0.2, 0) is 0 Å². The van der Waals surface area contributed by atoms with Gasteiger partial charge in [0.15, 0.2) is 0 Å². The van der Waals surface area contributed by atoms with E-state index in [2.05, 4.69) is 136 Å². The van der Waals surface area contributed by atoms with Gasteiger partial charge < -0.3 is 10.2 Å². The normalized spacial score (nSPS) is 18.0. The molecule has 2 aromatic rings. The van der Waals surface area contributed by atoms with Gasteiger partial charge in [0.1, 0.15) is 0 Å². The first kappa shape index (κ1) is 25.1. The number of dihydropyridines is 1. The average Bonchev–Trinajstić information content (AvgIpc) is 2.93. The van der Waals surface area contributed by atoms with E-state index in [1.165, 1.54) is 50.5 Å². The first-order valence-electron chi connectivity index (χ1n) is 13.7. The van der Waals surface area contributed by atoms with Crippen LogP contribution in [0.4, 0.5) is 5.69 Å². The third-order valence-electron chi connectivity index (χ3n) is 7.66. The molecule has 0 radical (unpaired) electrons. The Kier molecular flexibility index (Phi) is 7.11. The summed E-state index contributed by atoms with van der Waals surface area (Å²) in [5, 5.41) is 3.70. The van der Waals surface area contributed by atoms with Crippen molar-refractivity contribution in [3.05, 3.63) is 119 Å². The SMILES string of the molecule is CC(C)C1=CC=C(c2ccccc2N2CC=C(C(C)(C)C)C=C2c2cccc(C3=CC=CCC3)c2)NC1. The predicted molar refractivity (Wildman–Crippen MR) is 161 cm³/mol. The zero-order chi connectivity index (χ0) is 26.0. The largest absolute Gasteiger partial charge is 0.381 e. The highest BCUT2D eigenvalue weighted by molar-refractivity contribution is 5.89. The molecule has 1 N–H and O–H groups in total. The number of hydrogen-bond acceptors (Lipinski definition) is 2. The summed E-state index contributed by atoms with van der Waals surface area (Å²) in [7, 11) is 0. The van der Waals surface area contributed by atoms with Gasteiger partial charge >= 0.3 is 0 Å². The Balaban J connectivity index is 1.59. The minimum atomic E-state index is 0.0939. The Bertz CT molecular complexity index is 1350. The number of benzene rings is 2. The molecule has 0 spiro atoms. The van der Waals surface area contributed by atoms with Crippen molar-refractivity contribution in [3.8, 4) is 0 Å². The standard InChI is InChI=1S/C35H40N2/c1-25(2)29-18-19-32(36-24-29)31-16-9-10-17-33(31)37-21-20-30(35(3,4)5)23-34(37)28-15-11-14-27(22-28)26-12-7-6-8-13-26/h6-7,9-12,14-20,22-23,25,36H,8,13,21,24H2,1-5H3. The van der Waals surface area contributed by atoms with E-state index < -0.39 is 0 Å². The van der Waals surface area contributed by atoms with E-state index in [-0.39, 0.29) is 5.41 Å². The van der Waals surface area contributed by atoms with Crippen molar-refractivity contribution in [2.24, 2.45) is 11.3 Å². The van der Waals surface area contributed by atoms with E-state index >= 15 is 0 Å². The molecule has 2 aromatic carbocycles. The van der Waals surface area contributed by atoms with Crippen LogP contribution in [0.25, 0.3) is 17.0 Å². The summed E-state index contributed by atoms with van der Waals surface area (Å²) >= 11 is 0. The Labute approximate surface area is 223 Å². The summed E-state index contributed by atoms with van der Waals surface area (Å²) in [5.41, 5.74) is 11.9. The van der Waals surface area contributed by atoms with E-state index in [0.717, 1.165) is 25.9 Å². The van der Waals surface area contributed by atoms with Crippen LogP contribution in [0.5, 0.6) is 0 Å². The number of para-hydroxylation sites is 1. The maximum Gasteiger partial charge on any atom is 0.0508 e. The first-order valence-corrected chi connectivity index (χ1v) is 13.7. The summed E-state index contributed by atoms with van der Waals surface area (Å²) in [6, 6.07) is 17.9. The lowest BCUT2D eigenvalue weighted by Gasteiger charge is -2.35. The molecule has 37 heavy (non-hydrogen) atoms. The summed E-state index contributed by atoms with van der Waals surface area (Å²) in [6.45, 7) is 13.2. The lowest BCUT2D eigenvalue weighted by atomic mass is 9.83. The minimum absolute atomic E-state index is 0.0939. The van der Waals surface area contributed by atoms with E-state index in [1.54, 1.807) is 0 Å². The van der Waals surface area contributed by atoms with Gasteiger partial charge in [0, 0.05) is 30.0 Å². The van der Waals surface area contributed by atoms with E-state index in [0.29, 0.717) is 5.92 Å². The molecule has 2 nitrogen and oxygen atoms in total. The molecule has 0 atom stereocenters. The van der Waals surface area contributed by atoms with Crippen molar-refractivity contribution >= 4 is 22.7 Å². The molecule has 0 unspecified atom stereocenters. The van der Waals surface area contributed by atoms with Crippen LogP contribution in [-0.4, -0.2) is 13.1 Å². The van der Waals surface area contributed by atoms with Crippen LogP contribution < -0.4 is 10.2 Å². The lowest BCUT2D eigenvalue weighted by Crippen LogP contribution is -2.29. The third kappa shape index (κ3) is 5.44. The second-order valence-electron chi connectivity index (χ2n) is 11.6. The van der Waals surface area contributed by atoms with Gasteiger partial charge in [-0.25, -0.2) is 0 Å². The molecule has 3 aliphatic rings. The summed E-state index contributed by atoms with van der Waals surface area (Å²) in [4.78, 5) is 2.49. The first-order chi connectivity index (χ1) is 17.8. The lowest BCUT2D eigenvalue weighted by molar-refractivity contribution is 0.514. The average molecular weight is 489 g/mol. The molecule has 2 heterocycles. The molecule has 190 valence electrons. The molecule has 0 aromatic heterocycles. The van der Waals surface area contributed by atoms with Crippen molar-refractivity contribution in [3.63, 3.8) is 0 Å². The van der Waals surface area contributed by atoms with E-state index in [4.69, 9.17) is 0 Å². The van der Waals surface area contributed by atoms with Gasteiger partial charge in [-0.15, -0.1) is 0 Å². The molecule has 0 saturated carbocycles. The minimum Gasteiger partial charge on any atom is -0.381 e. The van der Waals surface area contributed by atoms with Crippen molar-refractivity contribution in [2.75, 3.05) is 18.0 Å². The van der Waals surface area contributed by atoms with E-state index in [9.17, 15) is 0 Å². The molecule has 0 amide bonds. The van der Waals surface area contributed by atoms with Crippen molar-refractivity contribution in [1.82, 2.24) is 5.32 Å². The van der Waals surface area contributed by atoms with Gasteiger partial charge in [0.05, 0.1) is 5.69 Å². The second kappa shape index (κ2) is 10.5. The molecule has 0 fully saturated rings. The smallest absolute Gasteiger partial charge is 0.0508 e. The molecule has 0 bridgehead atoms. The Morgan fingerprint density at radius 1 is 0.919 bits per heavy atom. The second-order valence-corrected chi connectivity index (χ2v) is 11.6. The zero-order valence-corrected chi connectivity index (χ0v) is 23.0. The maximum absolute atomic E-state index is 3.70. The van der Waals surface area contributed by atoms with E-state index in [1.807, 2.05) is 0 Å². The van der Waals surface area contributed by atoms with Crippen LogP contribution in [0.2, 0.25) is 0 Å². The predicted octanol–water partition coefficient (Wildman–Crippen LogP) is 8.78. The third-order valence-corrected chi connectivity index (χ3v) is 7.66. The van der Waals surface area contributed by atoms with Gasteiger partial charge in [-0.3, -0.25) is 0 Å². The Morgan fingerprint density at radius 2 is 1.73 bits per heavy atom. The number of nitrogens with one attached hydrogen (secondary N) is 1. The fourth-order valence-corrected chi connectivity index (χ4v) is 5.31. The summed E-state index contributed by atoms with van der Waals surface area (Å²) < 4.78 is 0. The number of hydrogen-bond donors (Lipinski definition) is 1. The highest BCUT2D eigenvalue weighted by Crippen LogP contribution is 2.39. The fourth-order valence-electron chi connectivity index (χ4n) is 5.31. The molecule has 0 saturated heterocycles. The summed E-state index contributed by atoms with van der Waals surface area (Å²) in [6.07, 6.45) is 18.3. The molecule has 2 heteroatoms. The number of rotatable bonds is 5. The zero-order valence-electron chi connectivity index (χ0n) is 23.0. The molecule has 1 aliphatic carbocycles. The van der Waals surface area contributed by atoms with Gasteiger partial charge in [0.25, 0.3) is 0 Å². The topological polar surface area (TPSA) is 15.3 Å². The molecule has 5 rings (SSSR count). The van der Waals surface area contributed by atoms with Crippen molar-refractivity contribution in [2.45, 2.75) is 47.5 Å². The number of anilines is 1. The van der Waals surface area contributed by atoms with Crippen LogP contribution in [0.3, 0.4) is 0 Å². The van der Waals surface area contributed by atoms with Gasteiger partial charge in [-0.2, -0.15) is 0 Å². The van der Waals surface area contributed by atoms with Gasteiger partial charge in [-0.05, 0) is 76.3 Å². The van der Waals surface area contributed by atoms with Crippen LogP contribution in [0, 0.1) is 11.3 Å². The molecular formula is C35H40N2. The number of nitrogens with zero attached hydrogens (tertiary/aromatic N) is 1. The fraction of sp³-hybridized carbons (Fsp3) is 0.314.